The normalized spacial score (nSPS) is 16.3. The lowest BCUT2D eigenvalue weighted by Gasteiger charge is -2.18. The van der Waals surface area contributed by atoms with E-state index < -0.39 is 6.10 Å². The van der Waals surface area contributed by atoms with Gasteiger partial charge in [0, 0.05) is 0 Å². The number of fused-ring (bicyclic) bond motifs is 1. The number of aliphatic hydroxyl groups excluding tert-OH is 1. The molecule has 1 heterocycles. The van der Waals surface area contributed by atoms with Gasteiger partial charge in [0.05, 0.1) is 0 Å². The van der Waals surface area contributed by atoms with Crippen LogP contribution >= 0.6 is 11.6 Å². The van der Waals surface area contributed by atoms with E-state index in [1.807, 2.05) is 6.07 Å². The van der Waals surface area contributed by atoms with Crippen LogP contribution in [0.25, 0.3) is 0 Å². The van der Waals surface area contributed by atoms with Crippen LogP contribution < -0.4 is 0 Å². The zero-order chi connectivity index (χ0) is 12.5. The first-order chi connectivity index (χ1) is 8.74. The van der Waals surface area contributed by atoms with Crippen molar-refractivity contribution in [3.8, 4) is 0 Å². The highest BCUT2D eigenvalue weighted by molar-refractivity contribution is 6.28. The second kappa shape index (κ2) is 4.79. The topological polar surface area (TPSA) is 33.4 Å². The Labute approximate surface area is 111 Å². The molecule has 0 saturated heterocycles. The SMILES string of the molecule is OC(c1ccc2c(c1)CCCC2)c1ccc(Cl)o1. The van der Waals surface area contributed by atoms with E-state index in [9.17, 15) is 5.11 Å². The molecule has 1 aliphatic carbocycles. The molecule has 0 saturated carbocycles. The van der Waals surface area contributed by atoms with Gasteiger partial charge < -0.3 is 9.52 Å². The van der Waals surface area contributed by atoms with Gasteiger partial charge in [0.25, 0.3) is 0 Å². The van der Waals surface area contributed by atoms with Crippen LogP contribution in [0.5, 0.6) is 0 Å². The van der Waals surface area contributed by atoms with Gasteiger partial charge in [0.15, 0.2) is 5.22 Å². The molecule has 0 aliphatic heterocycles. The predicted molar refractivity (Wildman–Crippen MR) is 70.9 cm³/mol. The molecule has 3 heteroatoms. The molecule has 3 rings (SSSR count). The summed E-state index contributed by atoms with van der Waals surface area (Å²) in [5.74, 6) is 0.496. The summed E-state index contributed by atoms with van der Waals surface area (Å²) in [6, 6.07) is 9.56. The maximum Gasteiger partial charge on any atom is 0.193 e. The monoisotopic (exact) mass is 262 g/mol. The van der Waals surface area contributed by atoms with Crippen molar-refractivity contribution >= 4 is 11.6 Å². The highest BCUT2D eigenvalue weighted by atomic mass is 35.5. The van der Waals surface area contributed by atoms with Crippen LogP contribution in [0.1, 0.15) is 41.4 Å². The highest BCUT2D eigenvalue weighted by Gasteiger charge is 2.17. The standard InChI is InChI=1S/C15H15ClO2/c16-14-8-7-13(18-14)15(17)12-6-5-10-3-1-2-4-11(10)9-12/h5-9,15,17H,1-4H2. The van der Waals surface area contributed by atoms with Crippen molar-refractivity contribution in [3.05, 3.63) is 58.0 Å². The fraction of sp³-hybridized carbons (Fsp3) is 0.333. The third-order valence-corrected chi connectivity index (χ3v) is 3.75. The molecule has 2 nitrogen and oxygen atoms in total. The van der Waals surface area contributed by atoms with Crippen molar-refractivity contribution in [2.75, 3.05) is 0 Å². The lowest BCUT2D eigenvalue weighted by molar-refractivity contribution is 0.189. The molecule has 1 aromatic carbocycles. The molecule has 0 spiro atoms. The van der Waals surface area contributed by atoms with E-state index in [2.05, 4.69) is 12.1 Å². The van der Waals surface area contributed by atoms with Crippen LogP contribution in [-0.2, 0) is 12.8 Å². The lowest BCUT2D eigenvalue weighted by Crippen LogP contribution is -2.05. The number of aliphatic hydroxyl groups is 1. The van der Waals surface area contributed by atoms with Crippen molar-refractivity contribution in [2.24, 2.45) is 0 Å². The maximum absolute atomic E-state index is 10.3. The minimum atomic E-state index is -0.732. The lowest BCUT2D eigenvalue weighted by atomic mass is 9.89. The molecule has 0 amide bonds. The highest BCUT2D eigenvalue weighted by Crippen LogP contribution is 2.29. The van der Waals surface area contributed by atoms with Gasteiger partial charge in [0.2, 0.25) is 0 Å². The average Bonchev–Trinajstić information content (AvgIpc) is 2.84. The summed E-state index contributed by atoms with van der Waals surface area (Å²) in [4.78, 5) is 0. The van der Waals surface area contributed by atoms with E-state index in [1.54, 1.807) is 12.1 Å². The van der Waals surface area contributed by atoms with Crippen molar-refractivity contribution in [3.63, 3.8) is 0 Å². The summed E-state index contributed by atoms with van der Waals surface area (Å²) in [5, 5.41) is 10.6. The Kier molecular flexibility index (Phi) is 3.14. The minimum absolute atomic E-state index is 0.307. The van der Waals surface area contributed by atoms with Gasteiger partial charge in [0.1, 0.15) is 11.9 Å². The third kappa shape index (κ3) is 2.18. The molecule has 0 bridgehead atoms. The van der Waals surface area contributed by atoms with Gasteiger partial charge in [-0.1, -0.05) is 18.2 Å². The summed E-state index contributed by atoms with van der Waals surface area (Å²) in [7, 11) is 0. The first-order valence-electron chi connectivity index (χ1n) is 6.29. The largest absolute Gasteiger partial charge is 0.447 e. The molecule has 0 radical (unpaired) electrons. The van der Waals surface area contributed by atoms with Gasteiger partial charge in [-0.3, -0.25) is 0 Å². The van der Waals surface area contributed by atoms with Crippen LogP contribution in [-0.4, -0.2) is 5.11 Å². The van der Waals surface area contributed by atoms with Crippen LogP contribution in [0.4, 0.5) is 0 Å². The van der Waals surface area contributed by atoms with Crippen molar-refractivity contribution in [2.45, 2.75) is 31.8 Å². The average molecular weight is 263 g/mol. The molecule has 1 unspecified atom stereocenters. The van der Waals surface area contributed by atoms with E-state index in [-0.39, 0.29) is 0 Å². The molecule has 2 aromatic rings. The fourth-order valence-electron chi connectivity index (χ4n) is 2.56. The maximum atomic E-state index is 10.3. The number of hydrogen-bond acceptors (Lipinski definition) is 2. The molecule has 18 heavy (non-hydrogen) atoms. The van der Waals surface area contributed by atoms with Crippen molar-refractivity contribution < 1.29 is 9.52 Å². The quantitative estimate of drug-likeness (QED) is 0.891. The van der Waals surface area contributed by atoms with Crippen LogP contribution in [0.3, 0.4) is 0 Å². The number of benzene rings is 1. The zero-order valence-electron chi connectivity index (χ0n) is 10.0. The molecular formula is C15H15ClO2. The summed E-state index contributed by atoms with van der Waals surface area (Å²) in [6.07, 6.45) is 4.03. The Hall–Kier alpha value is -1.25. The van der Waals surface area contributed by atoms with E-state index in [0.29, 0.717) is 11.0 Å². The smallest absolute Gasteiger partial charge is 0.193 e. The first kappa shape index (κ1) is 11.8. The first-order valence-corrected chi connectivity index (χ1v) is 6.67. The molecule has 1 N–H and O–H groups in total. The zero-order valence-corrected chi connectivity index (χ0v) is 10.8. The van der Waals surface area contributed by atoms with E-state index >= 15 is 0 Å². The van der Waals surface area contributed by atoms with E-state index in [1.165, 1.54) is 24.0 Å². The second-order valence-electron chi connectivity index (χ2n) is 4.78. The number of rotatable bonds is 2. The summed E-state index contributed by atoms with van der Waals surface area (Å²) in [6.45, 7) is 0. The Bertz CT molecular complexity index is 559. The second-order valence-corrected chi connectivity index (χ2v) is 5.15. The van der Waals surface area contributed by atoms with Crippen LogP contribution in [0, 0.1) is 0 Å². The van der Waals surface area contributed by atoms with Crippen LogP contribution in [0.15, 0.2) is 34.7 Å². The number of aryl methyl sites for hydroxylation is 2. The van der Waals surface area contributed by atoms with E-state index in [4.69, 9.17) is 16.0 Å². The van der Waals surface area contributed by atoms with Crippen molar-refractivity contribution in [1.82, 2.24) is 0 Å². The molecule has 94 valence electrons. The van der Waals surface area contributed by atoms with Crippen molar-refractivity contribution in [1.29, 1.82) is 0 Å². The van der Waals surface area contributed by atoms with E-state index in [0.717, 1.165) is 18.4 Å². The molecule has 1 aliphatic rings. The fourth-order valence-corrected chi connectivity index (χ4v) is 2.72. The predicted octanol–water partition coefficient (Wildman–Crippen LogP) is 3.89. The number of hydrogen-bond donors (Lipinski definition) is 1. The number of furan rings is 1. The Morgan fingerprint density at radius 3 is 2.56 bits per heavy atom. The minimum Gasteiger partial charge on any atom is -0.447 e. The van der Waals surface area contributed by atoms with Crippen LogP contribution in [0.2, 0.25) is 5.22 Å². The summed E-state index contributed by atoms with van der Waals surface area (Å²) < 4.78 is 5.26. The van der Waals surface area contributed by atoms with Gasteiger partial charge in [-0.25, -0.2) is 0 Å². The van der Waals surface area contributed by atoms with Gasteiger partial charge in [-0.15, -0.1) is 0 Å². The molecular weight excluding hydrogens is 248 g/mol. The molecule has 1 aromatic heterocycles. The molecule has 0 fully saturated rings. The van der Waals surface area contributed by atoms with Gasteiger partial charge in [-0.05, 0) is 66.1 Å². The molecule has 1 atom stereocenters. The Morgan fingerprint density at radius 1 is 1.06 bits per heavy atom. The van der Waals surface area contributed by atoms with Gasteiger partial charge in [-0.2, -0.15) is 0 Å². The number of halogens is 1. The Balaban J connectivity index is 1.92. The Morgan fingerprint density at radius 2 is 1.83 bits per heavy atom. The summed E-state index contributed by atoms with van der Waals surface area (Å²) >= 11 is 5.73. The third-order valence-electron chi connectivity index (χ3n) is 3.55. The summed E-state index contributed by atoms with van der Waals surface area (Å²) in [5.41, 5.74) is 3.65. The van der Waals surface area contributed by atoms with Gasteiger partial charge >= 0.3 is 0 Å².